The average molecular weight is 399 g/mol. The molecule has 0 saturated carbocycles. The molecule has 0 amide bonds. The first-order valence-electron chi connectivity index (χ1n) is 10.4. The molecule has 0 unspecified atom stereocenters. The highest BCUT2D eigenvalue weighted by molar-refractivity contribution is 5.79. The van der Waals surface area contributed by atoms with Gasteiger partial charge in [-0.3, -0.25) is 14.6 Å². The van der Waals surface area contributed by atoms with E-state index in [-0.39, 0.29) is 0 Å². The fourth-order valence-electron chi connectivity index (χ4n) is 3.77. The maximum atomic E-state index is 5.46. The van der Waals surface area contributed by atoms with E-state index in [9.17, 15) is 0 Å². The lowest BCUT2D eigenvalue weighted by atomic mass is 10.1. The number of aromatic nitrogens is 2. The Morgan fingerprint density at radius 1 is 1.14 bits per heavy atom. The van der Waals surface area contributed by atoms with E-state index in [4.69, 9.17) is 4.74 Å². The molecule has 7 nitrogen and oxygen atoms in total. The number of benzene rings is 1. The number of nitrogens with one attached hydrogen (secondary N) is 2. The third kappa shape index (κ3) is 5.81. The molecular formula is C22H34N6O. The zero-order chi connectivity index (χ0) is 20.6. The molecule has 2 aromatic rings. The van der Waals surface area contributed by atoms with Crippen molar-refractivity contribution >= 4 is 5.96 Å². The predicted octanol–water partition coefficient (Wildman–Crippen LogP) is 1.78. The van der Waals surface area contributed by atoms with E-state index >= 15 is 0 Å². The zero-order valence-electron chi connectivity index (χ0n) is 18.2. The van der Waals surface area contributed by atoms with Crippen LogP contribution in [0.1, 0.15) is 28.1 Å². The Labute approximate surface area is 174 Å². The van der Waals surface area contributed by atoms with E-state index in [0.717, 1.165) is 64.0 Å². The Hall–Kier alpha value is -2.38. The van der Waals surface area contributed by atoms with Crippen LogP contribution in [0.25, 0.3) is 0 Å². The molecule has 1 aliphatic heterocycles. The van der Waals surface area contributed by atoms with Crippen LogP contribution in [0.3, 0.4) is 0 Å². The normalized spacial score (nSPS) is 15.5. The first-order chi connectivity index (χ1) is 14.1. The Kier molecular flexibility index (Phi) is 7.66. The summed E-state index contributed by atoms with van der Waals surface area (Å²) in [6.45, 7) is 10.4. The van der Waals surface area contributed by atoms with Crippen molar-refractivity contribution in [3.8, 4) is 0 Å². The molecule has 1 fully saturated rings. The maximum absolute atomic E-state index is 5.46. The molecule has 2 N–H and O–H groups in total. The van der Waals surface area contributed by atoms with Crippen LogP contribution in [-0.2, 0) is 31.3 Å². The van der Waals surface area contributed by atoms with Crippen molar-refractivity contribution in [1.82, 2.24) is 25.3 Å². The van der Waals surface area contributed by atoms with Gasteiger partial charge in [-0.2, -0.15) is 5.10 Å². The first-order valence-corrected chi connectivity index (χ1v) is 10.4. The molecule has 7 heteroatoms. The SMILES string of the molecule is CN=C(NCCc1c(C)nn(C)c1C)NCc1ccccc1CN1CCOCC1. The molecule has 1 saturated heterocycles. The van der Waals surface area contributed by atoms with E-state index in [0.29, 0.717) is 0 Å². The van der Waals surface area contributed by atoms with Crippen molar-refractivity contribution in [3.05, 3.63) is 52.3 Å². The largest absolute Gasteiger partial charge is 0.379 e. The average Bonchev–Trinajstić information content (AvgIpc) is 2.98. The lowest BCUT2D eigenvalue weighted by Gasteiger charge is -2.27. The Balaban J connectivity index is 1.51. The number of aryl methyl sites for hydroxylation is 2. The van der Waals surface area contributed by atoms with Gasteiger partial charge in [0.2, 0.25) is 0 Å². The Morgan fingerprint density at radius 2 is 1.86 bits per heavy atom. The molecule has 29 heavy (non-hydrogen) atoms. The number of hydrogen-bond donors (Lipinski definition) is 2. The van der Waals surface area contributed by atoms with Crippen LogP contribution in [0.5, 0.6) is 0 Å². The van der Waals surface area contributed by atoms with Gasteiger partial charge in [0.15, 0.2) is 5.96 Å². The minimum absolute atomic E-state index is 0.755. The number of rotatable bonds is 7. The number of guanidine groups is 1. The standard InChI is InChI=1S/C22H34N6O/c1-17-21(18(2)27(4)26-17)9-10-24-22(23-3)25-15-19-7-5-6-8-20(19)16-28-11-13-29-14-12-28/h5-8H,9-16H2,1-4H3,(H2,23,24,25). The summed E-state index contributed by atoms with van der Waals surface area (Å²) in [5.41, 5.74) is 6.31. The van der Waals surface area contributed by atoms with Crippen LogP contribution in [0.4, 0.5) is 0 Å². The monoisotopic (exact) mass is 398 g/mol. The van der Waals surface area contributed by atoms with E-state index < -0.39 is 0 Å². The van der Waals surface area contributed by atoms with Crippen molar-refractivity contribution < 1.29 is 4.74 Å². The topological polar surface area (TPSA) is 66.7 Å². The molecule has 1 aromatic heterocycles. The van der Waals surface area contributed by atoms with Crippen LogP contribution < -0.4 is 10.6 Å². The molecule has 158 valence electrons. The summed E-state index contributed by atoms with van der Waals surface area (Å²) < 4.78 is 7.41. The van der Waals surface area contributed by atoms with Crippen molar-refractivity contribution in [2.24, 2.45) is 12.0 Å². The van der Waals surface area contributed by atoms with Gasteiger partial charge in [0.05, 0.1) is 18.9 Å². The molecular weight excluding hydrogens is 364 g/mol. The number of nitrogens with zero attached hydrogens (tertiary/aromatic N) is 4. The Morgan fingerprint density at radius 3 is 2.52 bits per heavy atom. The highest BCUT2D eigenvalue weighted by Crippen LogP contribution is 2.13. The summed E-state index contributed by atoms with van der Waals surface area (Å²) in [6, 6.07) is 8.63. The van der Waals surface area contributed by atoms with E-state index in [1.807, 2.05) is 18.8 Å². The zero-order valence-corrected chi connectivity index (χ0v) is 18.2. The number of ether oxygens (including phenoxy) is 1. The molecule has 0 aliphatic carbocycles. The van der Waals surface area contributed by atoms with Crippen molar-refractivity contribution in [1.29, 1.82) is 0 Å². The molecule has 0 radical (unpaired) electrons. The van der Waals surface area contributed by atoms with Crippen LogP contribution in [0.15, 0.2) is 29.3 Å². The second-order valence-corrected chi connectivity index (χ2v) is 7.53. The van der Waals surface area contributed by atoms with Crippen LogP contribution in [0, 0.1) is 13.8 Å². The highest BCUT2D eigenvalue weighted by atomic mass is 16.5. The smallest absolute Gasteiger partial charge is 0.191 e. The minimum Gasteiger partial charge on any atom is -0.379 e. The van der Waals surface area contributed by atoms with Crippen LogP contribution in [-0.4, -0.2) is 60.5 Å². The summed E-state index contributed by atoms with van der Waals surface area (Å²) in [5, 5.41) is 11.4. The fraction of sp³-hybridized carbons (Fsp3) is 0.545. The van der Waals surface area contributed by atoms with Gasteiger partial charge in [-0.15, -0.1) is 0 Å². The summed E-state index contributed by atoms with van der Waals surface area (Å²) >= 11 is 0. The maximum Gasteiger partial charge on any atom is 0.191 e. The lowest BCUT2D eigenvalue weighted by molar-refractivity contribution is 0.0341. The lowest BCUT2D eigenvalue weighted by Crippen LogP contribution is -2.38. The van der Waals surface area contributed by atoms with Gasteiger partial charge in [0.25, 0.3) is 0 Å². The summed E-state index contributed by atoms with van der Waals surface area (Å²) in [4.78, 5) is 6.83. The molecule has 3 rings (SSSR count). The van der Waals surface area contributed by atoms with Gasteiger partial charge in [0.1, 0.15) is 0 Å². The van der Waals surface area contributed by atoms with Crippen molar-refractivity contribution in [3.63, 3.8) is 0 Å². The third-order valence-electron chi connectivity index (χ3n) is 5.61. The molecule has 2 heterocycles. The number of hydrogen-bond acceptors (Lipinski definition) is 4. The highest BCUT2D eigenvalue weighted by Gasteiger charge is 2.13. The number of aliphatic imine (C=N–C) groups is 1. The summed E-state index contributed by atoms with van der Waals surface area (Å²) in [7, 11) is 3.81. The molecule has 0 bridgehead atoms. The van der Waals surface area contributed by atoms with E-state index in [2.05, 4.69) is 63.7 Å². The second kappa shape index (κ2) is 10.4. The third-order valence-corrected chi connectivity index (χ3v) is 5.61. The van der Waals surface area contributed by atoms with Crippen molar-refractivity contribution in [2.75, 3.05) is 39.9 Å². The molecule has 0 atom stereocenters. The van der Waals surface area contributed by atoms with Crippen LogP contribution >= 0.6 is 0 Å². The number of morpholine rings is 1. The Bertz CT molecular complexity index is 823. The predicted molar refractivity (Wildman–Crippen MR) is 117 cm³/mol. The van der Waals surface area contributed by atoms with Gasteiger partial charge in [-0.25, -0.2) is 0 Å². The molecule has 1 aromatic carbocycles. The van der Waals surface area contributed by atoms with Crippen LogP contribution in [0.2, 0.25) is 0 Å². The van der Waals surface area contributed by atoms with Gasteiger partial charge in [-0.05, 0) is 37.0 Å². The van der Waals surface area contributed by atoms with E-state index in [1.165, 1.54) is 22.4 Å². The molecule has 1 aliphatic rings. The second-order valence-electron chi connectivity index (χ2n) is 7.53. The van der Waals surface area contributed by atoms with Gasteiger partial charge in [-0.1, -0.05) is 24.3 Å². The summed E-state index contributed by atoms with van der Waals surface area (Å²) in [6.07, 6.45) is 0.930. The summed E-state index contributed by atoms with van der Waals surface area (Å²) in [5.74, 6) is 0.824. The fourth-order valence-corrected chi connectivity index (χ4v) is 3.77. The first kappa shape index (κ1) is 21.3. The molecule has 0 spiro atoms. The van der Waals surface area contributed by atoms with Gasteiger partial charge in [0, 0.05) is 52.5 Å². The van der Waals surface area contributed by atoms with Gasteiger partial charge >= 0.3 is 0 Å². The van der Waals surface area contributed by atoms with E-state index in [1.54, 1.807) is 0 Å². The quantitative estimate of drug-likeness (QED) is 0.550. The van der Waals surface area contributed by atoms with Gasteiger partial charge < -0.3 is 15.4 Å². The van der Waals surface area contributed by atoms with Crippen molar-refractivity contribution in [2.45, 2.75) is 33.4 Å². The minimum atomic E-state index is 0.755.